The molecule has 1 atom stereocenters. The number of piperazine rings is 1. The molecule has 4 nitrogen and oxygen atoms in total. The van der Waals surface area contributed by atoms with Gasteiger partial charge in [0.2, 0.25) is 5.91 Å². The highest BCUT2D eigenvalue weighted by atomic mass is 35.5. The first kappa shape index (κ1) is 19.6. The Bertz CT molecular complexity index is 525. The van der Waals surface area contributed by atoms with Crippen LogP contribution in [0.15, 0.2) is 24.3 Å². The molecule has 1 aromatic rings. The highest BCUT2D eigenvalue weighted by Gasteiger charge is 2.28. The van der Waals surface area contributed by atoms with Gasteiger partial charge in [-0.05, 0) is 24.7 Å². The maximum atomic E-state index is 12.7. The average molecular weight is 370 g/mol. The van der Waals surface area contributed by atoms with E-state index in [1.54, 1.807) is 11.8 Å². The standard InChI is InChI=1S/C18H28ClN3OS/c1-3-21(4-2)11-12-24-14-18(23)22-10-9-20-13-17(22)15-7-5-6-8-16(15)19/h5-8,17,20H,3-4,9-14H2,1-2H3. The number of hydrogen-bond donors (Lipinski definition) is 1. The summed E-state index contributed by atoms with van der Waals surface area (Å²) >= 11 is 8.07. The molecule has 0 aliphatic carbocycles. The van der Waals surface area contributed by atoms with Gasteiger partial charge in [-0.1, -0.05) is 43.6 Å². The molecule has 1 aliphatic rings. The minimum absolute atomic E-state index is 0.0309. The highest BCUT2D eigenvalue weighted by molar-refractivity contribution is 7.99. The summed E-state index contributed by atoms with van der Waals surface area (Å²) in [6.07, 6.45) is 0. The topological polar surface area (TPSA) is 35.6 Å². The fourth-order valence-electron chi connectivity index (χ4n) is 3.00. The molecule has 0 saturated carbocycles. The van der Waals surface area contributed by atoms with Gasteiger partial charge in [0.25, 0.3) is 0 Å². The second kappa shape index (κ2) is 10.3. The molecule has 6 heteroatoms. The highest BCUT2D eigenvalue weighted by Crippen LogP contribution is 2.28. The molecule has 1 heterocycles. The van der Waals surface area contributed by atoms with Crippen molar-refractivity contribution in [3.05, 3.63) is 34.9 Å². The van der Waals surface area contributed by atoms with E-state index >= 15 is 0 Å². The van der Waals surface area contributed by atoms with E-state index in [-0.39, 0.29) is 11.9 Å². The molecule has 1 N–H and O–H groups in total. The first-order valence-corrected chi connectivity index (χ1v) is 10.2. The lowest BCUT2D eigenvalue weighted by Crippen LogP contribution is -2.49. The van der Waals surface area contributed by atoms with E-state index in [2.05, 4.69) is 24.1 Å². The van der Waals surface area contributed by atoms with Gasteiger partial charge in [0.15, 0.2) is 0 Å². The average Bonchev–Trinajstić information content (AvgIpc) is 2.62. The van der Waals surface area contributed by atoms with Gasteiger partial charge in [-0.15, -0.1) is 0 Å². The maximum Gasteiger partial charge on any atom is 0.233 e. The maximum absolute atomic E-state index is 12.7. The van der Waals surface area contributed by atoms with Crippen LogP contribution in [0.1, 0.15) is 25.5 Å². The summed E-state index contributed by atoms with van der Waals surface area (Å²) in [5.74, 6) is 1.75. The van der Waals surface area contributed by atoms with Crippen LogP contribution >= 0.6 is 23.4 Å². The van der Waals surface area contributed by atoms with Gasteiger partial charge < -0.3 is 15.1 Å². The van der Waals surface area contributed by atoms with Crippen molar-refractivity contribution in [2.45, 2.75) is 19.9 Å². The first-order valence-electron chi connectivity index (χ1n) is 8.72. The largest absolute Gasteiger partial charge is 0.332 e. The molecule has 1 amide bonds. The second-order valence-corrected chi connectivity index (χ2v) is 7.42. The van der Waals surface area contributed by atoms with E-state index in [1.165, 1.54) is 0 Å². The summed E-state index contributed by atoms with van der Waals surface area (Å²) in [5, 5.41) is 4.11. The molecule has 1 fully saturated rings. The smallest absolute Gasteiger partial charge is 0.233 e. The van der Waals surface area contributed by atoms with E-state index in [0.717, 1.165) is 55.6 Å². The number of hydrogen-bond acceptors (Lipinski definition) is 4. The van der Waals surface area contributed by atoms with E-state index in [4.69, 9.17) is 11.6 Å². The molecule has 1 aromatic carbocycles. The lowest BCUT2D eigenvalue weighted by atomic mass is 10.0. The lowest BCUT2D eigenvalue weighted by molar-refractivity contribution is -0.131. The molecular formula is C18H28ClN3OS. The molecule has 0 spiro atoms. The zero-order chi connectivity index (χ0) is 17.4. The van der Waals surface area contributed by atoms with Crippen molar-refractivity contribution in [3.63, 3.8) is 0 Å². The number of nitrogens with one attached hydrogen (secondary N) is 1. The lowest BCUT2D eigenvalue weighted by Gasteiger charge is -2.37. The van der Waals surface area contributed by atoms with Gasteiger partial charge in [0.05, 0.1) is 11.8 Å². The van der Waals surface area contributed by atoms with Crippen LogP contribution in [0.25, 0.3) is 0 Å². The third-order valence-electron chi connectivity index (χ3n) is 4.50. The normalized spacial score (nSPS) is 18.2. The van der Waals surface area contributed by atoms with Crippen LogP contribution in [-0.4, -0.2) is 66.5 Å². The number of benzene rings is 1. The van der Waals surface area contributed by atoms with Crippen molar-refractivity contribution in [2.24, 2.45) is 0 Å². The van der Waals surface area contributed by atoms with Crippen LogP contribution in [0.2, 0.25) is 5.02 Å². The number of halogens is 1. The molecule has 1 unspecified atom stereocenters. The summed E-state index contributed by atoms with van der Waals surface area (Å²) in [6.45, 7) is 9.87. The Labute approximate surface area is 154 Å². The molecule has 0 aromatic heterocycles. The van der Waals surface area contributed by atoms with Gasteiger partial charge in [0.1, 0.15) is 0 Å². The molecule has 2 rings (SSSR count). The van der Waals surface area contributed by atoms with Crippen molar-refractivity contribution >= 4 is 29.3 Å². The van der Waals surface area contributed by atoms with Crippen LogP contribution < -0.4 is 5.32 Å². The Balaban J connectivity index is 1.90. The van der Waals surface area contributed by atoms with Crippen LogP contribution in [0.4, 0.5) is 0 Å². The number of rotatable bonds is 8. The van der Waals surface area contributed by atoms with Gasteiger partial charge in [0, 0.05) is 37.0 Å². The summed E-state index contributed by atoms with van der Waals surface area (Å²) in [5.41, 5.74) is 1.04. The quantitative estimate of drug-likeness (QED) is 0.715. The molecule has 1 aliphatic heterocycles. The number of thioether (sulfide) groups is 1. The van der Waals surface area contributed by atoms with E-state index in [0.29, 0.717) is 5.75 Å². The predicted octanol–water partition coefficient (Wildman–Crippen LogP) is 2.89. The molecule has 1 saturated heterocycles. The summed E-state index contributed by atoms with van der Waals surface area (Å²) in [4.78, 5) is 17.1. The van der Waals surface area contributed by atoms with Crippen LogP contribution in [-0.2, 0) is 4.79 Å². The van der Waals surface area contributed by atoms with Crippen molar-refractivity contribution in [3.8, 4) is 0 Å². The SMILES string of the molecule is CCN(CC)CCSCC(=O)N1CCNCC1c1ccccc1Cl. The number of carbonyl (C=O) groups is 1. The molecular weight excluding hydrogens is 342 g/mol. The van der Waals surface area contributed by atoms with Crippen molar-refractivity contribution in [1.29, 1.82) is 0 Å². The third kappa shape index (κ3) is 5.38. The first-order chi connectivity index (χ1) is 11.7. The Hall–Kier alpha value is -0.750. The van der Waals surface area contributed by atoms with E-state index < -0.39 is 0 Å². The number of carbonyl (C=O) groups excluding carboxylic acids is 1. The number of nitrogens with zero attached hydrogens (tertiary/aromatic N) is 2. The van der Waals surface area contributed by atoms with Crippen LogP contribution in [0, 0.1) is 0 Å². The van der Waals surface area contributed by atoms with Crippen LogP contribution in [0.5, 0.6) is 0 Å². The van der Waals surface area contributed by atoms with E-state index in [9.17, 15) is 4.79 Å². The van der Waals surface area contributed by atoms with Crippen molar-refractivity contribution < 1.29 is 4.79 Å². The third-order valence-corrected chi connectivity index (χ3v) is 5.77. The minimum Gasteiger partial charge on any atom is -0.332 e. The Morgan fingerprint density at radius 2 is 2.12 bits per heavy atom. The van der Waals surface area contributed by atoms with Gasteiger partial charge in [-0.25, -0.2) is 0 Å². The van der Waals surface area contributed by atoms with Crippen molar-refractivity contribution in [2.75, 3.05) is 50.8 Å². The van der Waals surface area contributed by atoms with Crippen LogP contribution in [0.3, 0.4) is 0 Å². The number of amides is 1. The molecule has 134 valence electrons. The molecule has 0 bridgehead atoms. The zero-order valence-electron chi connectivity index (χ0n) is 14.6. The zero-order valence-corrected chi connectivity index (χ0v) is 16.2. The predicted molar refractivity (Wildman–Crippen MR) is 104 cm³/mol. The van der Waals surface area contributed by atoms with Gasteiger partial charge in [-0.3, -0.25) is 4.79 Å². The monoisotopic (exact) mass is 369 g/mol. The molecule has 24 heavy (non-hydrogen) atoms. The Kier molecular flexibility index (Phi) is 8.39. The summed E-state index contributed by atoms with van der Waals surface area (Å²) in [6, 6.07) is 7.86. The summed E-state index contributed by atoms with van der Waals surface area (Å²) in [7, 11) is 0. The Morgan fingerprint density at radius 3 is 2.83 bits per heavy atom. The Morgan fingerprint density at radius 1 is 1.38 bits per heavy atom. The van der Waals surface area contributed by atoms with E-state index in [1.807, 2.05) is 29.2 Å². The van der Waals surface area contributed by atoms with Gasteiger partial charge in [-0.2, -0.15) is 11.8 Å². The fourth-order valence-corrected chi connectivity index (χ4v) is 4.14. The fraction of sp³-hybridized carbons (Fsp3) is 0.611. The summed E-state index contributed by atoms with van der Waals surface area (Å²) < 4.78 is 0. The molecule has 0 radical (unpaired) electrons. The minimum atomic E-state index is 0.0309. The second-order valence-electron chi connectivity index (χ2n) is 5.91. The van der Waals surface area contributed by atoms with Crippen molar-refractivity contribution in [1.82, 2.24) is 15.1 Å². The van der Waals surface area contributed by atoms with Gasteiger partial charge >= 0.3 is 0 Å².